The van der Waals surface area contributed by atoms with Gasteiger partial charge in [0.2, 0.25) is 0 Å². The number of para-hydroxylation sites is 3. The second-order valence-corrected chi connectivity index (χ2v) is 14.8. The predicted octanol–water partition coefficient (Wildman–Crippen LogP) is 13.8. The normalized spacial score (nSPS) is 15.0. The first-order chi connectivity index (χ1) is 27.3. The molecule has 0 saturated carbocycles. The zero-order valence-corrected chi connectivity index (χ0v) is 30.0. The molecule has 1 heterocycles. The SMILES string of the molecule is c1ccc(N(c2ccc3c(c2)C2(c4ccccc4-3)c3ccccc3-c3cccc4cccc2c34)c2ccc3c4ccccc4n(-c4ccccc4)c3c2)cc1. The monoisotopic (exact) mass is 698 g/mol. The Hall–Kier alpha value is -7.16. The molecular weight excluding hydrogens is 665 g/mol. The van der Waals surface area contributed by atoms with Crippen LogP contribution in [-0.4, -0.2) is 4.57 Å². The Bertz CT molecular complexity index is 3150. The van der Waals surface area contributed by atoms with Gasteiger partial charge in [-0.3, -0.25) is 0 Å². The van der Waals surface area contributed by atoms with Crippen molar-refractivity contribution in [2.24, 2.45) is 0 Å². The Labute approximate surface area is 319 Å². The largest absolute Gasteiger partial charge is 0.310 e. The van der Waals surface area contributed by atoms with Crippen LogP contribution in [0.4, 0.5) is 17.1 Å². The minimum absolute atomic E-state index is 0.488. The summed E-state index contributed by atoms with van der Waals surface area (Å²) < 4.78 is 2.41. The number of fused-ring (bicyclic) bond motifs is 12. The Morgan fingerprint density at radius 3 is 1.71 bits per heavy atom. The van der Waals surface area contributed by atoms with E-state index in [1.807, 2.05) is 0 Å². The van der Waals surface area contributed by atoms with Gasteiger partial charge >= 0.3 is 0 Å². The second-order valence-electron chi connectivity index (χ2n) is 14.8. The molecule has 1 aromatic heterocycles. The van der Waals surface area contributed by atoms with Gasteiger partial charge in [0.05, 0.1) is 16.4 Å². The zero-order chi connectivity index (χ0) is 36.1. The maximum absolute atomic E-state index is 2.49. The molecule has 2 nitrogen and oxygen atoms in total. The highest BCUT2D eigenvalue weighted by Crippen LogP contribution is 2.62. The van der Waals surface area contributed by atoms with E-state index in [0.29, 0.717) is 0 Å². The van der Waals surface area contributed by atoms with Gasteiger partial charge in [-0.2, -0.15) is 0 Å². The lowest BCUT2D eigenvalue weighted by atomic mass is 9.61. The number of hydrogen-bond acceptors (Lipinski definition) is 1. The Kier molecular flexibility index (Phi) is 6.29. The van der Waals surface area contributed by atoms with E-state index >= 15 is 0 Å². The van der Waals surface area contributed by atoms with E-state index in [1.165, 1.54) is 77.1 Å². The Morgan fingerprint density at radius 1 is 0.345 bits per heavy atom. The summed E-state index contributed by atoms with van der Waals surface area (Å²) in [5.41, 5.74) is 17.0. The molecule has 0 bridgehead atoms. The van der Waals surface area contributed by atoms with Crippen molar-refractivity contribution in [3.8, 4) is 27.9 Å². The molecule has 0 aliphatic heterocycles. The van der Waals surface area contributed by atoms with Gasteiger partial charge in [0.1, 0.15) is 0 Å². The number of nitrogens with zero attached hydrogens (tertiary/aromatic N) is 2. The van der Waals surface area contributed by atoms with E-state index in [4.69, 9.17) is 0 Å². The van der Waals surface area contributed by atoms with Crippen LogP contribution in [0.25, 0.3) is 60.5 Å². The maximum Gasteiger partial charge on any atom is 0.0726 e. The third-order valence-electron chi connectivity index (χ3n) is 12.2. The summed E-state index contributed by atoms with van der Waals surface area (Å²) in [5.74, 6) is 0. The first-order valence-corrected chi connectivity index (χ1v) is 19.1. The first-order valence-electron chi connectivity index (χ1n) is 19.1. The van der Waals surface area contributed by atoms with Gasteiger partial charge in [-0.1, -0.05) is 152 Å². The molecule has 0 amide bonds. The van der Waals surface area contributed by atoms with E-state index in [-0.39, 0.29) is 0 Å². The van der Waals surface area contributed by atoms with Crippen LogP contribution in [0.3, 0.4) is 0 Å². The van der Waals surface area contributed by atoms with Gasteiger partial charge < -0.3 is 9.47 Å². The number of aromatic nitrogens is 1. The summed E-state index contributed by atoms with van der Waals surface area (Å²) in [5, 5.41) is 5.11. The number of rotatable bonds is 4. The van der Waals surface area contributed by atoms with Crippen LogP contribution in [0, 0.1) is 0 Å². The van der Waals surface area contributed by atoms with Gasteiger partial charge in [-0.25, -0.2) is 0 Å². The molecule has 1 atom stereocenters. The molecule has 2 heteroatoms. The van der Waals surface area contributed by atoms with E-state index in [0.717, 1.165) is 22.7 Å². The smallest absolute Gasteiger partial charge is 0.0726 e. The summed E-state index contributed by atoms with van der Waals surface area (Å²) in [6, 6.07) is 76.3. The minimum atomic E-state index is -0.488. The zero-order valence-electron chi connectivity index (χ0n) is 30.0. The highest BCUT2D eigenvalue weighted by atomic mass is 15.1. The van der Waals surface area contributed by atoms with Crippen molar-refractivity contribution < 1.29 is 0 Å². The molecular formula is C53H34N2. The van der Waals surface area contributed by atoms with Crippen LogP contribution in [0.1, 0.15) is 22.3 Å². The van der Waals surface area contributed by atoms with Crippen LogP contribution < -0.4 is 4.90 Å². The second kappa shape index (κ2) is 11.4. The lowest BCUT2D eigenvalue weighted by Crippen LogP contribution is -2.32. The fourth-order valence-corrected chi connectivity index (χ4v) is 10.0. The van der Waals surface area contributed by atoms with Crippen molar-refractivity contribution >= 4 is 49.6 Å². The number of anilines is 3. The fourth-order valence-electron chi connectivity index (χ4n) is 10.0. The van der Waals surface area contributed by atoms with Crippen molar-refractivity contribution in [3.63, 3.8) is 0 Å². The minimum Gasteiger partial charge on any atom is -0.310 e. The number of benzene rings is 9. The van der Waals surface area contributed by atoms with E-state index in [1.54, 1.807) is 0 Å². The van der Waals surface area contributed by atoms with Crippen molar-refractivity contribution in [1.29, 1.82) is 0 Å². The standard InChI is InChI=1S/C53H34N2/c1-3-17-36(18-4-1)54(39-30-32-44-43-23-9-12-28-50(43)55(51(44)34-39)37-19-5-2-6-20-37)38-29-31-42-40-21-7-10-25-46(40)53(49(42)33-38)47-26-11-8-22-41(47)45-24-13-15-35-16-14-27-48(53)52(35)45/h1-34H. The highest BCUT2D eigenvalue weighted by Gasteiger charge is 2.50. The third kappa shape index (κ3) is 4.08. The number of hydrogen-bond donors (Lipinski definition) is 0. The van der Waals surface area contributed by atoms with Crippen LogP contribution in [0.2, 0.25) is 0 Å². The van der Waals surface area contributed by atoms with Gasteiger partial charge in [-0.05, 0) is 110 Å². The average molecular weight is 699 g/mol. The molecule has 9 aromatic carbocycles. The molecule has 10 aromatic rings. The molecule has 0 radical (unpaired) electrons. The molecule has 12 rings (SSSR count). The Balaban J connectivity index is 1.15. The van der Waals surface area contributed by atoms with Gasteiger partial charge in [0.25, 0.3) is 0 Å². The maximum atomic E-state index is 2.49. The van der Waals surface area contributed by atoms with E-state index in [2.05, 4.69) is 216 Å². The third-order valence-corrected chi connectivity index (χ3v) is 12.2. The summed E-state index contributed by atoms with van der Waals surface area (Å²) in [6.07, 6.45) is 0. The van der Waals surface area contributed by atoms with Crippen molar-refractivity contribution in [2.75, 3.05) is 4.90 Å². The summed E-state index contributed by atoms with van der Waals surface area (Å²) >= 11 is 0. The molecule has 0 N–H and O–H groups in total. The molecule has 2 aliphatic rings. The van der Waals surface area contributed by atoms with Crippen LogP contribution in [0.15, 0.2) is 206 Å². The van der Waals surface area contributed by atoms with Gasteiger partial charge in [0, 0.05) is 33.5 Å². The van der Waals surface area contributed by atoms with Crippen LogP contribution >= 0.6 is 0 Å². The van der Waals surface area contributed by atoms with Crippen LogP contribution in [-0.2, 0) is 5.41 Å². The van der Waals surface area contributed by atoms with Crippen LogP contribution in [0.5, 0.6) is 0 Å². The van der Waals surface area contributed by atoms with E-state index < -0.39 is 5.41 Å². The molecule has 0 saturated heterocycles. The summed E-state index contributed by atoms with van der Waals surface area (Å²) in [7, 11) is 0. The predicted molar refractivity (Wildman–Crippen MR) is 229 cm³/mol. The average Bonchev–Trinajstić information content (AvgIpc) is 3.74. The Morgan fingerprint density at radius 2 is 0.909 bits per heavy atom. The van der Waals surface area contributed by atoms with E-state index in [9.17, 15) is 0 Å². The molecule has 2 aliphatic carbocycles. The molecule has 256 valence electrons. The first kappa shape index (κ1) is 30.3. The highest BCUT2D eigenvalue weighted by molar-refractivity contribution is 6.11. The molecule has 55 heavy (non-hydrogen) atoms. The van der Waals surface area contributed by atoms with Crippen molar-refractivity contribution in [3.05, 3.63) is 229 Å². The van der Waals surface area contributed by atoms with Gasteiger partial charge in [0.15, 0.2) is 0 Å². The fraction of sp³-hybridized carbons (Fsp3) is 0.0189. The lowest BCUT2D eigenvalue weighted by Gasteiger charge is -2.40. The summed E-state index contributed by atoms with van der Waals surface area (Å²) in [6.45, 7) is 0. The summed E-state index contributed by atoms with van der Waals surface area (Å²) in [4.78, 5) is 2.44. The quantitative estimate of drug-likeness (QED) is 0.178. The topological polar surface area (TPSA) is 8.17 Å². The molecule has 1 unspecified atom stereocenters. The van der Waals surface area contributed by atoms with Gasteiger partial charge in [-0.15, -0.1) is 0 Å². The van der Waals surface area contributed by atoms with Crippen molar-refractivity contribution in [2.45, 2.75) is 5.41 Å². The molecule has 0 fully saturated rings. The van der Waals surface area contributed by atoms with Crippen molar-refractivity contribution in [1.82, 2.24) is 4.57 Å². The molecule has 1 spiro atoms. The lowest BCUT2D eigenvalue weighted by molar-refractivity contribution is 0.773.